The number of hydrazone groups is 1. The smallest absolute Gasteiger partial charge is 0.217 e. The number of morpholine rings is 1. The van der Waals surface area contributed by atoms with Crippen molar-refractivity contribution in [1.82, 2.24) is 9.97 Å². The van der Waals surface area contributed by atoms with Gasteiger partial charge < -0.3 is 19.7 Å². The van der Waals surface area contributed by atoms with Gasteiger partial charge in [-0.25, -0.2) is 4.98 Å². The van der Waals surface area contributed by atoms with Gasteiger partial charge in [0.15, 0.2) is 5.82 Å². The quantitative estimate of drug-likeness (QED) is 0.304. The number of hydrogen-bond acceptors (Lipinski definition) is 8. The van der Waals surface area contributed by atoms with Gasteiger partial charge in [-0.2, -0.15) is 10.1 Å². The molecule has 2 aromatic heterocycles. The molecule has 8 nitrogen and oxygen atoms in total. The summed E-state index contributed by atoms with van der Waals surface area (Å²) in [5.74, 6) is 2.00. The van der Waals surface area contributed by atoms with Crippen LogP contribution in [0.3, 0.4) is 0 Å². The van der Waals surface area contributed by atoms with E-state index in [2.05, 4.69) is 49.8 Å². The maximum atomic E-state index is 5.93. The van der Waals surface area contributed by atoms with Crippen LogP contribution in [0.1, 0.15) is 11.1 Å². The standard InChI is InChI=1S/C24H28N6O2/c1-19-5-4-6-20(15-19)18-27-29-23-16-21(30-10-13-31-14-11-30)17-24(28-23)32-12-9-26-22-7-2-3-8-25-22/h2-8,15-18H,9-14H2,1H3,(H,25,26)(H,28,29). The van der Waals surface area contributed by atoms with E-state index < -0.39 is 0 Å². The molecule has 1 aliphatic heterocycles. The van der Waals surface area contributed by atoms with Crippen LogP contribution in [0.5, 0.6) is 5.88 Å². The Morgan fingerprint density at radius 2 is 2.00 bits per heavy atom. The molecule has 1 aliphatic rings. The van der Waals surface area contributed by atoms with E-state index in [4.69, 9.17) is 9.47 Å². The Hall–Kier alpha value is -3.65. The van der Waals surface area contributed by atoms with Crippen LogP contribution in [0.25, 0.3) is 0 Å². The summed E-state index contributed by atoms with van der Waals surface area (Å²) in [4.78, 5) is 11.1. The van der Waals surface area contributed by atoms with Crippen LogP contribution in [-0.4, -0.2) is 55.6 Å². The lowest BCUT2D eigenvalue weighted by Gasteiger charge is -2.29. The van der Waals surface area contributed by atoms with E-state index in [1.807, 2.05) is 42.5 Å². The van der Waals surface area contributed by atoms with Gasteiger partial charge in [0.1, 0.15) is 12.4 Å². The van der Waals surface area contributed by atoms with Gasteiger partial charge in [0.25, 0.3) is 0 Å². The highest BCUT2D eigenvalue weighted by Crippen LogP contribution is 2.25. The van der Waals surface area contributed by atoms with Crippen molar-refractivity contribution in [2.75, 3.05) is 55.1 Å². The molecule has 0 saturated carbocycles. The van der Waals surface area contributed by atoms with Crippen molar-refractivity contribution in [2.45, 2.75) is 6.92 Å². The van der Waals surface area contributed by atoms with Crippen LogP contribution in [0.15, 0.2) is 65.9 Å². The third-order valence-corrected chi connectivity index (χ3v) is 4.92. The SMILES string of the molecule is Cc1cccc(C=NNc2cc(N3CCOCC3)cc(OCCNc3ccccn3)n2)c1. The minimum Gasteiger partial charge on any atom is -0.476 e. The zero-order chi connectivity index (χ0) is 22.0. The van der Waals surface area contributed by atoms with Gasteiger partial charge in [-0.1, -0.05) is 35.9 Å². The first-order valence-corrected chi connectivity index (χ1v) is 10.7. The second-order valence-electron chi connectivity index (χ2n) is 7.42. The molecule has 0 radical (unpaired) electrons. The Balaban J connectivity index is 1.42. The van der Waals surface area contributed by atoms with Gasteiger partial charge in [0.2, 0.25) is 5.88 Å². The number of aryl methyl sites for hydroxylation is 1. The minimum absolute atomic E-state index is 0.460. The lowest BCUT2D eigenvalue weighted by Crippen LogP contribution is -2.36. The Morgan fingerprint density at radius 1 is 1.09 bits per heavy atom. The number of rotatable bonds is 9. The largest absolute Gasteiger partial charge is 0.476 e. The molecular weight excluding hydrogens is 404 g/mol. The number of anilines is 3. The van der Waals surface area contributed by atoms with Crippen LogP contribution < -0.4 is 20.4 Å². The van der Waals surface area contributed by atoms with Gasteiger partial charge in [0.05, 0.1) is 26.0 Å². The summed E-state index contributed by atoms with van der Waals surface area (Å²) in [5.41, 5.74) is 6.29. The lowest BCUT2D eigenvalue weighted by molar-refractivity contribution is 0.122. The van der Waals surface area contributed by atoms with Gasteiger partial charge in [0, 0.05) is 37.1 Å². The number of ether oxygens (including phenoxy) is 2. The van der Waals surface area contributed by atoms with Gasteiger partial charge in [-0.15, -0.1) is 0 Å². The minimum atomic E-state index is 0.460. The topological polar surface area (TPSA) is 83.9 Å². The molecule has 0 amide bonds. The molecule has 0 spiro atoms. The fourth-order valence-electron chi connectivity index (χ4n) is 3.35. The van der Waals surface area contributed by atoms with E-state index in [-0.39, 0.29) is 0 Å². The highest BCUT2D eigenvalue weighted by molar-refractivity contribution is 5.80. The van der Waals surface area contributed by atoms with Crippen LogP contribution in [0.4, 0.5) is 17.3 Å². The van der Waals surface area contributed by atoms with Crippen molar-refractivity contribution in [3.8, 4) is 5.88 Å². The molecule has 0 atom stereocenters. The van der Waals surface area contributed by atoms with Crippen LogP contribution in [0, 0.1) is 6.92 Å². The first-order chi connectivity index (χ1) is 15.8. The average molecular weight is 433 g/mol. The van der Waals surface area contributed by atoms with E-state index in [1.54, 1.807) is 12.4 Å². The summed E-state index contributed by atoms with van der Waals surface area (Å²) < 4.78 is 11.4. The summed E-state index contributed by atoms with van der Waals surface area (Å²) in [6, 6.07) is 17.9. The van der Waals surface area contributed by atoms with Crippen LogP contribution in [-0.2, 0) is 4.74 Å². The van der Waals surface area contributed by atoms with Gasteiger partial charge >= 0.3 is 0 Å². The Kier molecular flexibility index (Phi) is 7.49. The number of benzene rings is 1. The fourth-order valence-corrected chi connectivity index (χ4v) is 3.35. The summed E-state index contributed by atoms with van der Waals surface area (Å²) >= 11 is 0. The summed E-state index contributed by atoms with van der Waals surface area (Å²) in [5, 5.41) is 7.59. The Morgan fingerprint density at radius 3 is 2.81 bits per heavy atom. The number of nitrogens with zero attached hydrogens (tertiary/aromatic N) is 4. The molecule has 1 fully saturated rings. The van der Waals surface area contributed by atoms with Gasteiger partial charge in [-0.3, -0.25) is 5.43 Å². The van der Waals surface area contributed by atoms with E-state index in [1.165, 1.54) is 5.56 Å². The fraction of sp³-hybridized carbons (Fsp3) is 0.292. The molecule has 3 aromatic rings. The number of aromatic nitrogens is 2. The summed E-state index contributed by atoms with van der Waals surface area (Å²) in [6.45, 7) is 6.22. The third kappa shape index (κ3) is 6.42. The van der Waals surface area contributed by atoms with Crippen molar-refractivity contribution in [2.24, 2.45) is 5.10 Å². The molecule has 1 saturated heterocycles. The average Bonchev–Trinajstić information content (AvgIpc) is 2.83. The predicted molar refractivity (Wildman–Crippen MR) is 128 cm³/mol. The first kappa shape index (κ1) is 21.6. The molecule has 1 aromatic carbocycles. The van der Waals surface area contributed by atoms with E-state index in [9.17, 15) is 0 Å². The van der Waals surface area contributed by atoms with Crippen molar-refractivity contribution in [3.05, 3.63) is 71.9 Å². The molecule has 4 rings (SSSR count). The Bertz CT molecular complexity index is 1020. The summed E-state index contributed by atoms with van der Waals surface area (Å²) in [7, 11) is 0. The number of pyridine rings is 2. The highest BCUT2D eigenvalue weighted by atomic mass is 16.5. The zero-order valence-electron chi connectivity index (χ0n) is 18.2. The van der Waals surface area contributed by atoms with Crippen molar-refractivity contribution >= 4 is 23.5 Å². The van der Waals surface area contributed by atoms with Crippen molar-refractivity contribution in [1.29, 1.82) is 0 Å². The second-order valence-corrected chi connectivity index (χ2v) is 7.42. The maximum absolute atomic E-state index is 5.93. The summed E-state index contributed by atoms with van der Waals surface area (Å²) in [6.07, 6.45) is 3.54. The predicted octanol–water partition coefficient (Wildman–Crippen LogP) is 3.56. The molecule has 2 N–H and O–H groups in total. The molecular formula is C24H28N6O2. The highest BCUT2D eigenvalue weighted by Gasteiger charge is 2.14. The molecule has 8 heteroatoms. The van der Waals surface area contributed by atoms with E-state index in [0.717, 1.165) is 30.2 Å². The maximum Gasteiger partial charge on any atom is 0.217 e. The van der Waals surface area contributed by atoms with Gasteiger partial charge in [-0.05, 0) is 24.6 Å². The van der Waals surface area contributed by atoms with Crippen molar-refractivity contribution in [3.63, 3.8) is 0 Å². The molecule has 0 unspecified atom stereocenters. The molecule has 32 heavy (non-hydrogen) atoms. The van der Waals surface area contributed by atoms with Crippen LogP contribution in [0.2, 0.25) is 0 Å². The number of hydrogen-bond donors (Lipinski definition) is 2. The van der Waals surface area contributed by atoms with Crippen LogP contribution >= 0.6 is 0 Å². The number of nitrogens with one attached hydrogen (secondary N) is 2. The van der Waals surface area contributed by atoms with E-state index in [0.29, 0.717) is 38.1 Å². The first-order valence-electron chi connectivity index (χ1n) is 10.7. The molecule has 0 bridgehead atoms. The lowest BCUT2D eigenvalue weighted by atomic mass is 10.2. The molecule has 0 aliphatic carbocycles. The second kappa shape index (κ2) is 11.1. The molecule has 3 heterocycles. The molecule has 166 valence electrons. The van der Waals surface area contributed by atoms with Crippen molar-refractivity contribution < 1.29 is 9.47 Å². The van der Waals surface area contributed by atoms with E-state index >= 15 is 0 Å². The Labute approximate surface area is 188 Å². The normalized spacial score (nSPS) is 13.8. The zero-order valence-corrected chi connectivity index (χ0v) is 18.2. The monoisotopic (exact) mass is 432 g/mol. The third-order valence-electron chi connectivity index (χ3n) is 4.92.